The quantitative estimate of drug-likeness (QED) is 0.716. The number of hydrogen-bond donors (Lipinski definition) is 1. The van der Waals surface area contributed by atoms with Crippen molar-refractivity contribution in [2.45, 2.75) is 25.4 Å². The van der Waals surface area contributed by atoms with Crippen LogP contribution < -0.4 is 0 Å². The molecule has 0 aliphatic heterocycles. The number of hydrogen-bond acceptors (Lipinski definition) is 3. The molecule has 1 fully saturated rings. The zero-order valence-corrected chi connectivity index (χ0v) is 6.85. The molecule has 1 atom stereocenters. The second-order valence-electron chi connectivity index (χ2n) is 3.27. The molecule has 1 aromatic rings. The first-order valence-electron chi connectivity index (χ1n) is 4.32. The second kappa shape index (κ2) is 3.19. The number of rotatable bonds is 2. The monoisotopic (exact) mass is 164 g/mol. The van der Waals surface area contributed by atoms with Crippen molar-refractivity contribution in [1.82, 2.24) is 9.97 Å². The van der Waals surface area contributed by atoms with E-state index in [0.717, 1.165) is 12.8 Å². The second-order valence-corrected chi connectivity index (χ2v) is 3.27. The molecular formula is C9H12N2O. The van der Waals surface area contributed by atoms with Crippen LogP contribution in [0.25, 0.3) is 0 Å². The van der Waals surface area contributed by atoms with Crippen LogP contribution in [0.2, 0.25) is 0 Å². The van der Waals surface area contributed by atoms with E-state index in [1.807, 2.05) is 0 Å². The highest BCUT2D eigenvalue weighted by atomic mass is 16.3. The van der Waals surface area contributed by atoms with Gasteiger partial charge in [0.15, 0.2) is 0 Å². The van der Waals surface area contributed by atoms with Crippen LogP contribution in [-0.2, 0) is 0 Å². The number of aliphatic hydroxyl groups is 1. The van der Waals surface area contributed by atoms with Gasteiger partial charge in [-0.1, -0.05) is 6.42 Å². The minimum absolute atomic E-state index is 0.396. The minimum atomic E-state index is -0.396. The molecule has 64 valence electrons. The van der Waals surface area contributed by atoms with E-state index in [2.05, 4.69) is 9.97 Å². The lowest BCUT2D eigenvalue weighted by atomic mass is 9.80. The molecule has 0 radical (unpaired) electrons. The fourth-order valence-electron chi connectivity index (χ4n) is 1.46. The van der Waals surface area contributed by atoms with Crippen LogP contribution in [0.3, 0.4) is 0 Å². The van der Waals surface area contributed by atoms with Gasteiger partial charge in [0.1, 0.15) is 6.10 Å². The van der Waals surface area contributed by atoms with Gasteiger partial charge in [0.25, 0.3) is 0 Å². The molecule has 0 aromatic carbocycles. The Balaban J connectivity index is 2.08. The Kier molecular flexibility index (Phi) is 2.04. The predicted octanol–water partition coefficient (Wildman–Crippen LogP) is 1.31. The normalized spacial score (nSPS) is 20.1. The third-order valence-corrected chi connectivity index (χ3v) is 2.48. The highest BCUT2D eigenvalue weighted by molar-refractivity contribution is 5.02. The molecule has 3 nitrogen and oxygen atoms in total. The molecule has 1 aromatic heterocycles. The lowest BCUT2D eigenvalue weighted by Gasteiger charge is -2.29. The summed E-state index contributed by atoms with van der Waals surface area (Å²) >= 11 is 0. The Morgan fingerprint density at radius 2 is 2.25 bits per heavy atom. The van der Waals surface area contributed by atoms with Crippen LogP contribution >= 0.6 is 0 Å². The van der Waals surface area contributed by atoms with Gasteiger partial charge in [0.2, 0.25) is 0 Å². The van der Waals surface area contributed by atoms with Crippen LogP contribution in [0.1, 0.15) is 31.1 Å². The Labute approximate surface area is 71.5 Å². The van der Waals surface area contributed by atoms with E-state index in [-0.39, 0.29) is 0 Å². The summed E-state index contributed by atoms with van der Waals surface area (Å²) in [6.45, 7) is 0. The maximum absolute atomic E-state index is 9.74. The smallest absolute Gasteiger partial charge is 0.100 e. The summed E-state index contributed by atoms with van der Waals surface area (Å²) in [6, 6.07) is 0. The van der Waals surface area contributed by atoms with Gasteiger partial charge in [-0.3, -0.25) is 9.97 Å². The highest BCUT2D eigenvalue weighted by Crippen LogP contribution is 2.36. The summed E-state index contributed by atoms with van der Waals surface area (Å²) in [5, 5.41) is 9.74. The van der Waals surface area contributed by atoms with E-state index in [1.165, 1.54) is 6.42 Å². The first-order chi connectivity index (χ1) is 5.88. The van der Waals surface area contributed by atoms with Crippen molar-refractivity contribution < 1.29 is 5.11 Å². The molecule has 0 amide bonds. The van der Waals surface area contributed by atoms with Crippen LogP contribution in [0, 0.1) is 5.92 Å². The third-order valence-electron chi connectivity index (χ3n) is 2.48. The molecule has 1 unspecified atom stereocenters. The van der Waals surface area contributed by atoms with Gasteiger partial charge in [-0.25, -0.2) is 0 Å². The van der Waals surface area contributed by atoms with Gasteiger partial charge >= 0.3 is 0 Å². The van der Waals surface area contributed by atoms with Crippen LogP contribution in [0.5, 0.6) is 0 Å². The Bertz CT molecular complexity index is 246. The molecule has 2 rings (SSSR count). The topological polar surface area (TPSA) is 46.0 Å². The first kappa shape index (κ1) is 7.68. The molecule has 1 aliphatic carbocycles. The summed E-state index contributed by atoms with van der Waals surface area (Å²) in [6.07, 6.45) is 7.97. The van der Waals surface area contributed by atoms with E-state index >= 15 is 0 Å². The van der Waals surface area contributed by atoms with Crippen molar-refractivity contribution in [2.75, 3.05) is 0 Å². The van der Waals surface area contributed by atoms with Gasteiger partial charge < -0.3 is 5.11 Å². The summed E-state index contributed by atoms with van der Waals surface area (Å²) in [4.78, 5) is 7.99. The summed E-state index contributed by atoms with van der Waals surface area (Å²) in [7, 11) is 0. The number of aromatic nitrogens is 2. The fourth-order valence-corrected chi connectivity index (χ4v) is 1.46. The average molecular weight is 164 g/mol. The van der Waals surface area contributed by atoms with E-state index < -0.39 is 6.10 Å². The Morgan fingerprint density at radius 1 is 1.42 bits per heavy atom. The van der Waals surface area contributed by atoms with Gasteiger partial charge in [0, 0.05) is 12.4 Å². The van der Waals surface area contributed by atoms with Crippen molar-refractivity contribution in [3.63, 3.8) is 0 Å². The summed E-state index contributed by atoms with van der Waals surface area (Å²) < 4.78 is 0. The van der Waals surface area contributed by atoms with Crippen molar-refractivity contribution in [2.24, 2.45) is 5.92 Å². The van der Waals surface area contributed by atoms with Crippen molar-refractivity contribution in [3.05, 3.63) is 24.3 Å². The molecule has 3 heteroatoms. The van der Waals surface area contributed by atoms with Crippen molar-refractivity contribution in [1.29, 1.82) is 0 Å². The summed E-state index contributed by atoms with van der Waals surface area (Å²) in [5.74, 6) is 0.418. The molecule has 1 saturated carbocycles. The maximum Gasteiger partial charge on any atom is 0.100 e. The third kappa shape index (κ3) is 1.32. The summed E-state index contributed by atoms with van der Waals surface area (Å²) in [5.41, 5.74) is 0.710. The zero-order valence-electron chi connectivity index (χ0n) is 6.85. The minimum Gasteiger partial charge on any atom is -0.386 e. The van der Waals surface area contributed by atoms with Crippen LogP contribution in [-0.4, -0.2) is 15.1 Å². The number of aliphatic hydroxyl groups excluding tert-OH is 1. The number of nitrogens with zero attached hydrogens (tertiary/aromatic N) is 2. The highest BCUT2D eigenvalue weighted by Gasteiger charge is 2.27. The largest absolute Gasteiger partial charge is 0.386 e. The van der Waals surface area contributed by atoms with E-state index in [9.17, 15) is 5.11 Å². The first-order valence-corrected chi connectivity index (χ1v) is 4.32. The Hall–Kier alpha value is -0.960. The lowest BCUT2D eigenvalue weighted by Crippen LogP contribution is -2.20. The van der Waals surface area contributed by atoms with Crippen molar-refractivity contribution in [3.8, 4) is 0 Å². The fraction of sp³-hybridized carbons (Fsp3) is 0.556. The Morgan fingerprint density at radius 3 is 2.75 bits per heavy atom. The van der Waals surface area contributed by atoms with E-state index in [4.69, 9.17) is 0 Å². The lowest BCUT2D eigenvalue weighted by molar-refractivity contribution is 0.0583. The van der Waals surface area contributed by atoms with Crippen LogP contribution in [0.4, 0.5) is 0 Å². The molecule has 12 heavy (non-hydrogen) atoms. The standard InChI is InChI=1S/C9H12N2O/c12-9(7-2-1-3-7)8-6-10-4-5-11-8/h4-7,9,12H,1-3H2. The SMILES string of the molecule is OC(c1cnccn1)C1CCC1. The maximum atomic E-state index is 9.74. The average Bonchev–Trinajstić information content (AvgIpc) is 2.03. The van der Waals surface area contributed by atoms with Gasteiger partial charge in [0.05, 0.1) is 11.9 Å². The molecule has 1 N–H and O–H groups in total. The van der Waals surface area contributed by atoms with Crippen LogP contribution in [0.15, 0.2) is 18.6 Å². The molecule has 1 aliphatic rings. The van der Waals surface area contributed by atoms with Gasteiger partial charge in [-0.15, -0.1) is 0 Å². The van der Waals surface area contributed by atoms with Crippen molar-refractivity contribution >= 4 is 0 Å². The molecule has 0 spiro atoms. The molecule has 1 heterocycles. The molecule has 0 saturated heterocycles. The van der Waals surface area contributed by atoms with Gasteiger partial charge in [-0.05, 0) is 18.8 Å². The van der Waals surface area contributed by atoms with Gasteiger partial charge in [-0.2, -0.15) is 0 Å². The molecule has 0 bridgehead atoms. The zero-order chi connectivity index (χ0) is 8.39. The predicted molar refractivity (Wildman–Crippen MR) is 44.3 cm³/mol. The van der Waals surface area contributed by atoms with E-state index in [1.54, 1.807) is 18.6 Å². The van der Waals surface area contributed by atoms with E-state index in [0.29, 0.717) is 11.6 Å². The molecular weight excluding hydrogens is 152 g/mol.